The van der Waals surface area contributed by atoms with Gasteiger partial charge in [0.25, 0.3) is 0 Å². The maximum absolute atomic E-state index is 4.39. The first-order valence-corrected chi connectivity index (χ1v) is 6.14. The molecule has 0 radical (unpaired) electrons. The average Bonchev–Trinajstić information content (AvgIpc) is 2.57. The minimum Gasteiger partial charge on any atom is -0.374 e. The number of aromatic nitrogens is 2. The summed E-state index contributed by atoms with van der Waals surface area (Å²) < 4.78 is 0. The predicted octanol–water partition coefficient (Wildman–Crippen LogP) is 2.18. The van der Waals surface area contributed by atoms with E-state index in [4.69, 9.17) is 0 Å². The Hall–Kier alpha value is -2.10. The van der Waals surface area contributed by atoms with Crippen LogP contribution in [0.3, 0.4) is 0 Å². The van der Waals surface area contributed by atoms with Crippen LogP contribution in [0.5, 0.6) is 0 Å². The van der Waals surface area contributed by atoms with Gasteiger partial charge in [-0.3, -0.25) is 0 Å². The lowest BCUT2D eigenvalue weighted by molar-refractivity contribution is 0.882. The van der Waals surface area contributed by atoms with Crippen molar-refractivity contribution >= 4 is 11.5 Å². The Labute approximate surface area is 107 Å². The van der Waals surface area contributed by atoms with Crippen molar-refractivity contribution in [2.45, 2.75) is 6.42 Å². The number of para-hydroxylation sites is 1. The molecule has 0 atom stereocenters. The van der Waals surface area contributed by atoms with Crippen molar-refractivity contribution in [2.24, 2.45) is 0 Å². The molecular weight excluding hydrogens is 224 g/mol. The number of hydrogen-bond donors (Lipinski definition) is 1. The summed E-state index contributed by atoms with van der Waals surface area (Å²) in [5.41, 5.74) is 4.66. The van der Waals surface area contributed by atoms with E-state index in [1.54, 1.807) is 0 Å². The number of nitrogens with zero attached hydrogens (tertiary/aromatic N) is 3. The number of hydrogen-bond acceptors (Lipinski definition) is 4. The maximum atomic E-state index is 4.39. The van der Waals surface area contributed by atoms with E-state index >= 15 is 0 Å². The lowest BCUT2D eigenvalue weighted by Gasteiger charge is -2.18. The second-order valence-electron chi connectivity index (χ2n) is 4.54. The zero-order valence-electron chi connectivity index (χ0n) is 10.6. The molecule has 2 heterocycles. The van der Waals surface area contributed by atoms with Gasteiger partial charge in [-0.05, 0) is 24.1 Å². The molecule has 0 saturated carbocycles. The van der Waals surface area contributed by atoms with Crippen LogP contribution in [0.4, 0.5) is 11.5 Å². The summed E-state index contributed by atoms with van der Waals surface area (Å²) in [6.45, 7) is 0.999. The topological polar surface area (TPSA) is 41.1 Å². The third kappa shape index (κ3) is 1.70. The van der Waals surface area contributed by atoms with E-state index in [9.17, 15) is 0 Å². The smallest absolute Gasteiger partial charge is 0.148 e. The molecule has 1 aliphatic heterocycles. The molecule has 0 bridgehead atoms. The average molecular weight is 240 g/mol. The monoisotopic (exact) mass is 240 g/mol. The first-order chi connectivity index (χ1) is 8.79. The summed E-state index contributed by atoms with van der Waals surface area (Å²) >= 11 is 0. The van der Waals surface area contributed by atoms with Crippen molar-refractivity contribution in [3.05, 3.63) is 35.9 Å². The lowest BCUT2D eigenvalue weighted by atomic mass is 10.0. The van der Waals surface area contributed by atoms with E-state index in [1.165, 1.54) is 16.8 Å². The Morgan fingerprint density at radius 2 is 2.06 bits per heavy atom. The van der Waals surface area contributed by atoms with E-state index in [2.05, 4.69) is 57.8 Å². The normalized spacial score (nSPS) is 13.6. The van der Waals surface area contributed by atoms with Crippen LogP contribution < -0.4 is 10.2 Å². The Morgan fingerprint density at radius 1 is 1.22 bits per heavy atom. The molecule has 3 rings (SSSR count). The molecule has 0 unspecified atom stereocenters. The molecule has 1 aromatic heterocycles. The molecule has 4 heteroatoms. The Morgan fingerprint density at radius 3 is 2.89 bits per heavy atom. The molecule has 0 saturated heterocycles. The first-order valence-electron chi connectivity index (χ1n) is 6.14. The zero-order valence-corrected chi connectivity index (χ0v) is 10.6. The van der Waals surface area contributed by atoms with Gasteiger partial charge in [-0.1, -0.05) is 18.2 Å². The standard InChI is InChI=1S/C14H16N4/c1-15-13-9-10-7-8-18(2)12-6-4-3-5-11(12)14(10)17-16-13/h3-6,9H,7-8H2,1-2H3,(H,15,16). The van der Waals surface area contributed by atoms with Crippen LogP contribution in [0.15, 0.2) is 30.3 Å². The number of anilines is 2. The van der Waals surface area contributed by atoms with Crippen LogP contribution in [0.25, 0.3) is 11.3 Å². The molecular formula is C14H16N4. The molecule has 0 aliphatic carbocycles. The highest BCUT2D eigenvalue weighted by molar-refractivity contribution is 5.79. The summed E-state index contributed by atoms with van der Waals surface area (Å²) in [7, 11) is 3.99. The summed E-state index contributed by atoms with van der Waals surface area (Å²) in [6, 6.07) is 10.5. The Balaban J connectivity index is 2.21. The fourth-order valence-corrected chi connectivity index (χ4v) is 2.39. The van der Waals surface area contributed by atoms with E-state index < -0.39 is 0 Å². The highest BCUT2D eigenvalue weighted by Crippen LogP contribution is 2.34. The molecule has 1 aliphatic rings. The van der Waals surface area contributed by atoms with E-state index in [0.717, 1.165) is 24.5 Å². The van der Waals surface area contributed by atoms with Crippen LogP contribution in [-0.2, 0) is 6.42 Å². The fourth-order valence-electron chi connectivity index (χ4n) is 2.39. The van der Waals surface area contributed by atoms with Crippen molar-refractivity contribution in [1.29, 1.82) is 0 Å². The molecule has 0 spiro atoms. The van der Waals surface area contributed by atoms with Gasteiger partial charge in [0.05, 0.1) is 5.69 Å². The van der Waals surface area contributed by atoms with Crippen LogP contribution in [0.2, 0.25) is 0 Å². The molecule has 4 nitrogen and oxygen atoms in total. The molecule has 2 aromatic rings. The SMILES string of the molecule is CNc1cc2c(nn1)-c1ccccc1N(C)CC2. The second-order valence-corrected chi connectivity index (χ2v) is 4.54. The Bertz CT molecular complexity index is 580. The van der Waals surface area contributed by atoms with E-state index in [0.29, 0.717) is 0 Å². The summed E-state index contributed by atoms with van der Waals surface area (Å²) in [5, 5.41) is 11.6. The highest BCUT2D eigenvalue weighted by atomic mass is 15.2. The van der Waals surface area contributed by atoms with Gasteiger partial charge in [-0.15, -0.1) is 10.2 Å². The van der Waals surface area contributed by atoms with Crippen molar-refractivity contribution in [3.63, 3.8) is 0 Å². The molecule has 92 valence electrons. The first kappa shape index (κ1) is 11.0. The van der Waals surface area contributed by atoms with Crippen LogP contribution in [0, 0.1) is 0 Å². The summed E-state index contributed by atoms with van der Waals surface area (Å²) in [6.07, 6.45) is 0.991. The van der Waals surface area contributed by atoms with E-state index in [1.807, 2.05) is 7.05 Å². The number of nitrogens with one attached hydrogen (secondary N) is 1. The van der Waals surface area contributed by atoms with Crippen LogP contribution >= 0.6 is 0 Å². The van der Waals surface area contributed by atoms with Crippen molar-refractivity contribution < 1.29 is 0 Å². The third-order valence-electron chi connectivity index (χ3n) is 3.42. The fraction of sp³-hybridized carbons (Fsp3) is 0.286. The highest BCUT2D eigenvalue weighted by Gasteiger charge is 2.18. The number of likely N-dealkylation sites (N-methyl/N-ethyl adjacent to an activating group) is 1. The summed E-state index contributed by atoms with van der Waals surface area (Å²) in [5.74, 6) is 0.829. The van der Waals surface area contributed by atoms with E-state index in [-0.39, 0.29) is 0 Å². The minimum atomic E-state index is 0.829. The summed E-state index contributed by atoms with van der Waals surface area (Å²) in [4.78, 5) is 2.27. The van der Waals surface area contributed by atoms with Gasteiger partial charge in [0.2, 0.25) is 0 Å². The van der Waals surface area contributed by atoms with Gasteiger partial charge in [0.1, 0.15) is 5.82 Å². The van der Waals surface area contributed by atoms with Crippen LogP contribution in [0.1, 0.15) is 5.56 Å². The van der Waals surface area contributed by atoms with Crippen molar-refractivity contribution in [1.82, 2.24) is 10.2 Å². The van der Waals surface area contributed by atoms with Gasteiger partial charge < -0.3 is 10.2 Å². The van der Waals surface area contributed by atoms with Gasteiger partial charge in [0, 0.05) is 31.9 Å². The largest absolute Gasteiger partial charge is 0.374 e. The van der Waals surface area contributed by atoms with Gasteiger partial charge in [-0.25, -0.2) is 0 Å². The lowest BCUT2D eigenvalue weighted by Crippen LogP contribution is -2.18. The predicted molar refractivity (Wildman–Crippen MR) is 74.0 cm³/mol. The minimum absolute atomic E-state index is 0.829. The zero-order chi connectivity index (χ0) is 12.5. The molecule has 1 aromatic carbocycles. The number of benzene rings is 1. The Kier molecular flexibility index (Phi) is 2.63. The second kappa shape index (κ2) is 4.29. The van der Waals surface area contributed by atoms with Crippen molar-refractivity contribution in [2.75, 3.05) is 30.9 Å². The van der Waals surface area contributed by atoms with Crippen molar-refractivity contribution in [3.8, 4) is 11.3 Å². The van der Waals surface area contributed by atoms with Gasteiger partial charge in [-0.2, -0.15) is 0 Å². The molecule has 18 heavy (non-hydrogen) atoms. The molecule has 0 amide bonds. The van der Waals surface area contributed by atoms with Crippen LogP contribution in [-0.4, -0.2) is 30.8 Å². The van der Waals surface area contributed by atoms with Gasteiger partial charge >= 0.3 is 0 Å². The maximum Gasteiger partial charge on any atom is 0.148 e. The van der Waals surface area contributed by atoms with Gasteiger partial charge in [0.15, 0.2) is 0 Å². The number of fused-ring (bicyclic) bond motifs is 3. The number of rotatable bonds is 1. The quantitative estimate of drug-likeness (QED) is 0.829. The third-order valence-corrected chi connectivity index (χ3v) is 3.42. The molecule has 0 fully saturated rings. The molecule has 1 N–H and O–H groups in total.